The molecule has 1 N–H and O–H groups in total. The maximum Gasteiger partial charge on any atom is 0.267 e. The van der Waals surface area contributed by atoms with Gasteiger partial charge in [0.25, 0.3) is 5.56 Å². The topological polar surface area (TPSA) is 82.5 Å². The molecule has 1 aliphatic heterocycles. The van der Waals surface area contributed by atoms with E-state index in [0.717, 1.165) is 16.8 Å². The fourth-order valence-corrected chi connectivity index (χ4v) is 2.99. The molecule has 0 aliphatic carbocycles. The minimum absolute atomic E-state index is 0.0711. The Morgan fingerprint density at radius 3 is 2.57 bits per heavy atom. The van der Waals surface area contributed by atoms with Crippen molar-refractivity contribution < 1.29 is 23.0 Å². The van der Waals surface area contributed by atoms with Crippen molar-refractivity contribution in [2.75, 3.05) is 18.5 Å². The maximum absolute atomic E-state index is 13.4. The number of carbonyl (C=O) groups excluding carboxylic acids is 1. The van der Waals surface area contributed by atoms with Crippen LogP contribution in [0.25, 0.3) is 11.3 Å². The zero-order valence-corrected chi connectivity index (χ0v) is 15.9. The SMILES string of the molecule is C[C@H](C(=O)Nc1ccc(F)c(F)c1)n1nc(-c2ccc3c(c2)OCCO3)ccc1=O. The summed E-state index contributed by atoms with van der Waals surface area (Å²) in [5, 5.41) is 6.75. The molecule has 1 aromatic heterocycles. The minimum atomic E-state index is -1.09. The summed E-state index contributed by atoms with van der Waals surface area (Å²) in [6, 6.07) is 10.1. The van der Waals surface area contributed by atoms with Crippen LogP contribution in [0.5, 0.6) is 11.5 Å². The molecule has 30 heavy (non-hydrogen) atoms. The molecule has 2 aromatic carbocycles. The lowest BCUT2D eigenvalue weighted by atomic mass is 10.1. The number of hydrogen-bond acceptors (Lipinski definition) is 5. The van der Waals surface area contributed by atoms with Gasteiger partial charge in [-0.3, -0.25) is 9.59 Å². The molecule has 1 amide bonds. The van der Waals surface area contributed by atoms with Gasteiger partial charge in [-0.1, -0.05) is 0 Å². The molecule has 2 heterocycles. The zero-order chi connectivity index (χ0) is 21.3. The van der Waals surface area contributed by atoms with Crippen molar-refractivity contribution in [1.82, 2.24) is 9.78 Å². The average Bonchev–Trinajstić information content (AvgIpc) is 2.76. The van der Waals surface area contributed by atoms with E-state index in [2.05, 4.69) is 10.4 Å². The number of hydrogen-bond donors (Lipinski definition) is 1. The quantitative estimate of drug-likeness (QED) is 0.711. The Labute approximate surface area is 169 Å². The van der Waals surface area contributed by atoms with Gasteiger partial charge in [0.15, 0.2) is 23.1 Å². The molecule has 0 unspecified atom stereocenters. The number of rotatable bonds is 4. The highest BCUT2D eigenvalue weighted by Crippen LogP contribution is 2.33. The van der Waals surface area contributed by atoms with Gasteiger partial charge in [-0.05, 0) is 43.3 Å². The number of ether oxygens (including phenoxy) is 2. The summed E-state index contributed by atoms with van der Waals surface area (Å²) in [7, 11) is 0. The fraction of sp³-hybridized carbons (Fsp3) is 0.190. The standard InChI is InChI=1S/C21H17F2N3O4/c1-12(21(28)24-14-3-4-15(22)16(23)11-14)26-20(27)7-5-17(25-26)13-2-6-18-19(10-13)30-9-8-29-18/h2-7,10-12H,8-9H2,1H3,(H,24,28)/t12-/m1/s1. The number of amides is 1. The fourth-order valence-electron chi connectivity index (χ4n) is 2.99. The van der Waals surface area contributed by atoms with Gasteiger partial charge in [-0.25, -0.2) is 13.5 Å². The van der Waals surface area contributed by atoms with Crippen LogP contribution in [0.15, 0.2) is 53.3 Å². The first-order valence-corrected chi connectivity index (χ1v) is 9.18. The van der Waals surface area contributed by atoms with Gasteiger partial charge in [-0.15, -0.1) is 0 Å². The van der Waals surface area contributed by atoms with Gasteiger partial charge in [0.1, 0.15) is 19.3 Å². The van der Waals surface area contributed by atoms with E-state index >= 15 is 0 Å². The molecule has 7 nitrogen and oxygen atoms in total. The normalized spacial score (nSPS) is 13.6. The Hall–Kier alpha value is -3.75. The van der Waals surface area contributed by atoms with Gasteiger partial charge in [-0.2, -0.15) is 5.10 Å². The van der Waals surface area contributed by atoms with Crippen LogP contribution >= 0.6 is 0 Å². The van der Waals surface area contributed by atoms with Gasteiger partial charge in [0, 0.05) is 23.4 Å². The van der Waals surface area contributed by atoms with Gasteiger partial charge >= 0.3 is 0 Å². The highest BCUT2D eigenvalue weighted by Gasteiger charge is 2.20. The Morgan fingerprint density at radius 2 is 1.80 bits per heavy atom. The smallest absolute Gasteiger partial charge is 0.267 e. The third kappa shape index (κ3) is 3.86. The lowest BCUT2D eigenvalue weighted by Crippen LogP contribution is -2.33. The molecular formula is C21H17F2N3O4. The van der Waals surface area contributed by atoms with Crippen molar-refractivity contribution >= 4 is 11.6 Å². The van der Waals surface area contributed by atoms with Gasteiger partial charge in [0.2, 0.25) is 5.91 Å². The van der Waals surface area contributed by atoms with Gasteiger partial charge < -0.3 is 14.8 Å². The maximum atomic E-state index is 13.4. The third-order valence-electron chi connectivity index (χ3n) is 4.60. The van der Waals surface area contributed by atoms with Crippen LogP contribution in [0.4, 0.5) is 14.5 Å². The number of nitrogens with one attached hydrogen (secondary N) is 1. The molecule has 4 rings (SSSR count). The largest absolute Gasteiger partial charge is 0.486 e. The molecule has 0 radical (unpaired) electrons. The van der Waals surface area contributed by atoms with E-state index in [4.69, 9.17) is 9.47 Å². The molecule has 3 aromatic rings. The third-order valence-corrected chi connectivity index (χ3v) is 4.60. The van der Waals surface area contributed by atoms with Crippen LogP contribution < -0.4 is 20.3 Å². The molecule has 0 fully saturated rings. The van der Waals surface area contributed by atoms with Crippen molar-refractivity contribution in [2.24, 2.45) is 0 Å². The van der Waals surface area contributed by atoms with Crippen LogP contribution in [0, 0.1) is 11.6 Å². The van der Waals surface area contributed by atoms with E-state index in [9.17, 15) is 18.4 Å². The Bertz CT molecular complexity index is 1180. The van der Waals surface area contributed by atoms with Crippen molar-refractivity contribution in [2.45, 2.75) is 13.0 Å². The monoisotopic (exact) mass is 413 g/mol. The summed E-state index contributed by atoms with van der Waals surface area (Å²) in [4.78, 5) is 24.8. The predicted octanol–water partition coefficient (Wildman–Crippen LogP) is 3.16. The van der Waals surface area contributed by atoms with Crippen LogP contribution in [-0.4, -0.2) is 28.9 Å². The second-order valence-corrected chi connectivity index (χ2v) is 6.65. The highest BCUT2D eigenvalue weighted by atomic mass is 19.2. The van der Waals surface area contributed by atoms with E-state index in [0.29, 0.717) is 36.0 Å². The van der Waals surface area contributed by atoms with E-state index in [1.54, 1.807) is 24.3 Å². The second-order valence-electron chi connectivity index (χ2n) is 6.65. The molecular weight excluding hydrogens is 396 g/mol. The lowest BCUT2D eigenvalue weighted by molar-refractivity contribution is -0.119. The summed E-state index contributed by atoms with van der Waals surface area (Å²) in [6.07, 6.45) is 0. The van der Waals surface area contributed by atoms with Gasteiger partial charge in [0.05, 0.1) is 5.69 Å². The first-order valence-electron chi connectivity index (χ1n) is 9.18. The zero-order valence-electron chi connectivity index (χ0n) is 15.9. The highest BCUT2D eigenvalue weighted by molar-refractivity contribution is 5.93. The molecule has 1 aliphatic rings. The Kier molecular flexibility index (Phi) is 5.18. The lowest BCUT2D eigenvalue weighted by Gasteiger charge is -2.19. The minimum Gasteiger partial charge on any atom is -0.486 e. The number of nitrogens with zero attached hydrogens (tertiary/aromatic N) is 2. The van der Waals surface area contributed by atoms with E-state index < -0.39 is 29.1 Å². The molecule has 1 atom stereocenters. The van der Waals surface area contributed by atoms with E-state index in [-0.39, 0.29) is 5.69 Å². The Morgan fingerprint density at radius 1 is 1.03 bits per heavy atom. The summed E-state index contributed by atoms with van der Waals surface area (Å²) in [5.41, 5.74) is 0.728. The summed E-state index contributed by atoms with van der Waals surface area (Å²) < 4.78 is 38.5. The van der Waals surface area contributed by atoms with Crippen LogP contribution in [-0.2, 0) is 4.79 Å². The first kappa shape index (κ1) is 19.6. The van der Waals surface area contributed by atoms with Crippen molar-refractivity contribution in [3.05, 3.63) is 70.5 Å². The second kappa shape index (κ2) is 7.94. The molecule has 0 spiro atoms. The van der Waals surface area contributed by atoms with E-state index in [1.807, 2.05) is 0 Å². The summed E-state index contributed by atoms with van der Waals surface area (Å²) in [5.74, 6) is -1.52. The Balaban J connectivity index is 1.60. The van der Waals surface area contributed by atoms with Crippen molar-refractivity contribution in [3.8, 4) is 22.8 Å². The summed E-state index contributed by atoms with van der Waals surface area (Å²) in [6.45, 7) is 2.39. The molecule has 0 saturated heterocycles. The van der Waals surface area contributed by atoms with Crippen LogP contribution in [0.1, 0.15) is 13.0 Å². The number of anilines is 1. The van der Waals surface area contributed by atoms with E-state index in [1.165, 1.54) is 19.1 Å². The number of aromatic nitrogens is 2. The number of fused-ring (bicyclic) bond motifs is 1. The summed E-state index contributed by atoms with van der Waals surface area (Å²) >= 11 is 0. The van der Waals surface area contributed by atoms with Crippen molar-refractivity contribution in [3.63, 3.8) is 0 Å². The van der Waals surface area contributed by atoms with Crippen molar-refractivity contribution in [1.29, 1.82) is 0 Å². The van der Waals surface area contributed by atoms with Crippen LogP contribution in [0.3, 0.4) is 0 Å². The number of benzene rings is 2. The molecule has 9 heteroatoms. The number of halogens is 2. The molecule has 0 saturated carbocycles. The number of carbonyl (C=O) groups is 1. The molecule has 154 valence electrons. The average molecular weight is 413 g/mol. The molecule has 0 bridgehead atoms. The van der Waals surface area contributed by atoms with Crippen LogP contribution in [0.2, 0.25) is 0 Å². The predicted molar refractivity (Wildman–Crippen MR) is 105 cm³/mol. The first-order chi connectivity index (χ1) is 14.4.